The molecule has 0 aliphatic carbocycles. The van der Waals surface area contributed by atoms with E-state index in [1.165, 1.54) is 5.69 Å². The number of nitrogens with zero attached hydrogens (tertiary/aromatic N) is 3. The second-order valence-corrected chi connectivity index (χ2v) is 4.20. The van der Waals surface area contributed by atoms with Crippen LogP contribution in [0.1, 0.15) is 24.7 Å². The number of amidine groups is 1. The molecular weight excluding hydrogens is 218 g/mol. The summed E-state index contributed by atoms with van der Waals surface area (Å²) in [6.45, 7) is 7.57. The van der Waals surface area contributed by atoms with Crippen molar-refractivity contribution in [2.75, 3.05) is 6.54 Å². The maximum Gasteiger partial charge on any atom is 0.156 e. The van der Waals surface area contributed by atoms with Crippen molar-refractivity contribution in [1.82, 2.24) is 15.1 Å². The molecule has 0 aromatic carbocycles. The smallest absolute Gasteiger partial charge is 0.156 e. The van der Waals surface area contributed by atoms with Crippen LogP contribution in [0.4, 0.5) is 0 Å². The van der Waals surface area contributed by atoms with Gasteiger partial charge in [0.1, 0.15) is 0 Å². The first-order valence-corrected chi connectivity index (χ1v) is 5.76. The van der Waals surface area contributed by atoms with Gasteiger partial charge in [-0.1, -0.05) is 5.16 Å². The molecule has 1 aromatic rings. The van der Waals surface area contributed by atoms with Gasteiger partial charge in [-0.15, -0.1) is 0 Å². The predicted octanol–water partition coefficient (Wildman–Crippen LogP) is 0.615. The summed E-state index contributed by atoms with van der Waals surface area (Å²) in [5, 5.41) is 19.0. The van der Waals surface area contributed by atoms with Crippen LogP contribution in [0.2, 0.25) is 0 Å². The molecule has 0 saturated carbocycles. The van der Waals surface area contributed by atoms with E-state index < -0.39 is 0 Å². The number of rotatable bonds is 6. The second kappa shape index (κ2) is 6.24. The third kappa shape index (κ3) is 4.07. The number of aryl methyl sites for hydroxylation is 3. The lowest BCUT2D eigenvalue weighted by molar-refractivity contribution is 0.315. The van der Waals surface area contributed by atoms with E-state index in [1.54, 1.807) is 0 Å². The molecule has 0 bridgehead atoms. The minimum Gasteiger partial charge on any atom is -0.409 e. The Morgan fingerprint density at radius 2 is 2.35 bits per heavy atom. The van der Waals surface area contributed by atoms with Crippen molar-refractivity contribution in [1.29, 1.82) is 0 Å². The number of aromatic nitrogens is 2. The molecule has 4 N–H and O–H groups in total. The van der Waals surface area contributed by atoms with E-state index >= 15 is 0 Å². The fourth-order valence-corrected chi connectivity index (χ4v) is 1.64. The lowest BCUT2D eigenvalue weighted by atomic mass is 10.3. The van der Waals surface area contributed by atoms with Crippen molar-refractivity contribution in [2.45, 2.75) is 39.8 Å². The highest BCUT2D eigenvalue weighted by Gasteiger charge is 2.06. The van der Waals surface area contributed by atoms with E-state index in [2.05, 4.69) is 21.6 Å². The zero-order valence-electron chi connectivity index (χ0n) is 10.6. The quantitative estimate of drug-likeness (QED) is 0.223. The van der Waals surface area contributed by atoms with Gasteiger partial charge in [0.2, 0.25) is 0 Å². The van der Waals surface area contributed by atoms with E-state index in [0.29, 0.717) is 0 Å². The number of hydrogen-bond acceptors (Lipinski definition) is 4. The molecule has 0 aliphatic heterocycles. The monoisotopic (exact) mass is 239 g/mol. The zero-order chi connectivity index (χ0) is 12.8. The van der Waals surface area contributed by atoms with Gasteiger partial charge in [-0.2, -0.15) is 5.10 Å². The summed E-state index contributed by atoms with van der Waals surface area (Å²) < 4.78 is 1.99. The van der Waals surface area contributed by atoms with Crippen LogP contribution < -0.4 is 11.1 Å². The average Bonchev–Trinajstić information content (AvgIpc) is 2.62. The van der Waals surface area contributed by atoms with Gasteiger partial charge in [0.25, 0.3) is 0 Å². The molecule has 1 unspecified atom stereocenters. The molecule has 6 nitrogen and oxygen atoms in total. The highest BCUT2D eigenvalue weighted by atomic mass is 16.4. The van der Waals surface area contributed by atoms with Crippen molar-refractivity contribution in [3.8, 4) is 0 Å². The third-order valence-corrected chi connectivity index (χ3v) is 2.66. The molecule has 0 fully saturated rings. The Morgan fingerprint density at radius 3 is 2.88 bits per heavy atom. The molecule has 1 atom stereocenters. The third-order valence-electron chi connectivity index (χ3n) is 2.66. The SMILES string of the molecule is Cc1cc(C)n(CCCNC(C)/C(N)=N/O)n1. The first kappa shape index (κ1) is 13.5. The summed E-state index contributed by atoms with van der Waals surface area (Å²) in [5.41, 5.74) is 7.67. The lowest BCUT2D eigenvalue weighted by Crippen LogP contribution is -2.39. The van der Waals surface area contributed by atoms with Gasteiger partial charge in [0.05, 0.1) is 11.7 Å². The molecule has 1 heterocycles. The van der Waals surface area contributed by atoms with Crippen molar-refractivity contribution in [3.63, 3.8) is 0 Å². The van der Waals surface area contributed by atoms with Gasteiger partial charge in [0.15, 0.2) is 5.84 Å². The largest absolute Gasteiger partial charge is 0.409 e. The van der Waals surface area contributed by atoms with Crippen LogP contribution in [0.15, 0.2) is 11.2 Å². The number of nitrogens with one attached hydrogen (secondary N) is 1. The van der Waals surface area contributed by atoms with Crippen LogP contribution in [-0.2, 0) is 6.54 Å². The Kier molecular flexibility index (Phi) is 4.96. The molecule has 1 rings (SSSR count). The molecule has 0 aliphatic rings. The highest BCUT2D eigenvalue weighted by molar-refractivity contribution is 5.84. The minimum atomic E-state index is -0.111. The van der Waals surface area contributed by atoms with Crippen molar-refractivity contribution in [3.05, 3.63) is 17.5 Å². The average molecular weight is 239 g/mol. The van der Waals surface area contributed by atoms with Gasteiger partial charge in [-0.3, -0.25) is 4.68 Å². The van der Waals surface area contributed by atoms with Gasteiger partial charge in [-0.05, 0) is 39.8 Å². The fourth-order valence-electron chi connectivity index (χ4n) is 1.64. The Labute approximate surface area is 101 Å². The summed E-state index contributed by atoms with van der Waals surface area (Å²) in [6.07, 6.45) is 0.949. The Bertz CT molecular complexity index is 385. The molecule has 17 heavy (non-hydrogen) atoms. The minimum absolute atomic E-state index is 0.111. The van der Waals surface area contributed by atoms with E-state index in [4.69, 9.17) is 10.9 Å². The van der Waals surface area contributed by atoms with Crippen LogP contribution >= 0.6 is 0 Å². The summed E-state index contributed by atoms with van der Waals surface area (Å²) in [4.78, 5) is 0. The fraction of sp³-hybridized carbons (Fsp3) is 0.636. The molecule has 0 saturated heterocycles. The van der Waals surface area contributed by atoms with Crippen LogP contribution in [0, 0.1) is 13.8 Å². The summed E-state index contributed by atoms with van der Waals surface area (Å²) in [6, 6.07) is 1.95. The van der Waals surface area contributed by atoms with Gasteiger partial charge < -0.3 is 16.3 Å². The zero-order valence-corrected chi connectivity index (χ0v) is 10.6. The number of nitrogens with two attached hydrogens (primary N) is 1. The van der Waals surface area contributed by atoms with Gasteiger partial charge in [0, 0.05) is 12.2 Å². The van der Waals surface area contributed by atoms with Crippen molar-refractivity contribution >= 4 is 5.84 Å². The summed E-state index contributed by atoms with van der Waals surface area (Å²) in [5.74, 6) is 0.205. The van der Waals surface area contributed by atoms with Crippen molar-refractivity contribution < 1.29 is 5.21 Å². The maximum atomic E-state index is 8.49. The maximum absolute atomic E-state index is 8.49. The molecule has 1 aromatic heterocycles. The molecule has 0 spiro atoms. The molecule has 0 radical (unpaired) electrons. The molecule has 6 heteroatoms. The van der Waals surface area contributed by atoms with E-state index in [0.717, 1.165) is 25.2 Å². The number of hydrogen-bond donors (Lipinski definition) is 3. The van der Waals surface area contributed by atoms with Crippen molar-refractivity contribution in [2.24, 2.45) is 10.9 Å². The topological polar surface area (TPSA) is 88.5 Å². The van der Waals surface area contributed by atoms with E-state index in [1.807, 2.05) is 25.5 Å². The van der Waals surface area contributed by atoms with E-state index in [-0.39, 0.29) is 11.9 Å². The first-order valence-electron chi connectivity index (χ1n) is 5.76. The lowest BCUT2D eigenvalue weighted by Gasteiger charge is -2.12. The van der Waals surface area contributed by atoms with Crippen LogP contribution in [-0.4, -0.2) is 33.4 Å². The number of oxime groups is 1. The molecule has 0 amide bonds. The Hall–Kier alpha value is -1.56. The first-order chi connectivity index (χ1) is 8.04. The second-order valence-electron chi connectivity index (χ2n) is 4.20. The Morgan fingerprint density at radius 1 is 1.65 bits per heavy atom. The predicted molar refractivity (Wildman–Crippen MR) is 67.2 cm³/mol. The highest BCUT2D eigenvalue weighted by Crippen LogP contribution is 2.02. The van der Waals surface area contributed by atoms with E-state index in [9.17, 15) is 0 Å². The van der Waals surface area contributed by atoms with Gasteiger partial charge in [-0.25, -0.2) is 0 Å². The van der Waals surface area contributed by atoms with Crippen LogP contribution in [0.3, 0.4) is 0 Å². The standard InChI is InChI=1S/C11H21N5O/c1-8-7-9(2)16(14-8)6-4-5-13-10(3)11(12)15-17/h7,10,13,17H,4-6H2,1-3H3,(H2,12,15). The normalized spacial score (nSPS) is 13.9. The van der Waals surface area contributed by atoms with Gasteiger partial charge >= 0.3 is 0 Å². The summed E-state index contributed by atoms with van der Waals surface area (Å²) in [7, 11) is 0. The molecular formula is C11H21N5O. The van der Waals surface area contributed by atoms with Crippen LogP contribution in [0.5, 0.6) is 0 Å². The van der Waals surface area contributed by atoms with Crippen LogP contribution in [0.25, 0.3) is 0 Å². The summed E-state index contributed by atoms with van der Waals surface area (Å²) >= 11 is 0. The molecule has 96 valence electrons. The Balaban J connectivity index is 2.27.